The van der Waals surface area contributed by atoms with E-state index < -0.39 is 23.8 Å². The molecule has 4 aliphatic heterocycles. The molecule has 0 radical (unpaired) electrons. The monoisotopic (exact) mass is 490 g/mol. The van der Waals surface area contributed by atoms with Crippen molar-refractivity contribution >= 4 is 29.3 Å². The minimum Gasteiger partial charge on any atom is -0.371 e. The quantitative estimate of drug-likeness (QED) is 0.556. The van der Waals surface area contributed by atoms with E-state index >= 15 is 0 Å². The molecule has 0 spiro atoms. The van der Waals surface area contributed by atoms with Gasteiger partial charge in [-0.15, -0.1) is 0 Å². The van der Waals surface area contributed by atoms with Crippen LogP contribution in [-0.2, 0) is 9.59 Å². The molecule has 0 aliphatic carbocycles. The molecule has 1 aromatic carbocycles. The van der Waals surface area contributed by atoms with E-state index in [1.807, 2.05) is 6.07 Å². The van der Waals surface area contributed by atoms with Gasteiger partial charge in [0.05, 0.1) is 16.8 Å². The molecule has 6 rings (SSSR count). The largest absolute Gasteiger partial charge is 0.371 e. The summed E-state index contributed by atoms with van der Waals surface area (Å²) in [6.07, 6.45) is 4.47. The molecule has 10 nitrogen and oxygen atoms in total. The van der Waals surface area contributed by atoms with Crippen molar-refractivity contribution in [2.24, 2.45) is 0 Å². The number of H-pyrrole nitrogens is 1. The standard InChI is InChI=1S/C26H30N6O4/c33-23-4-3-22(24(34)28-23)32-25(35)18-2-1-17(13-19(18)26(32)36)31-11-7-16(8-12-31)21-14-20(29-30-21)15-5-9-27-10-6-15/h1-2,13-16,22,27H,3-12H2,(H,29,30)(H,28,33,34). The summed E-state index contributed by atoms with van der Waals surface area (Å²) in [6.45, 7) is 3.77. The highest BCUT2D eigenvalue weighted by atomic mass is 16.2. The lowest BCUT2D eigenvalue weighted by atomic mass is 9.90. The first-order valence-corrected chi connectivity index (χ1v) is 12.9. The molecule has 3 fully saturated rings. The fourth-order valence-corrected chi connectivity index (χ4v) is 5.99. The number of nitrogens with zero attached hydrogens (tertiary/aromatic N) is 3. The lowest BCUT2D eigenvalue weighted by Crippen LogP contribution is -2.54. The Morgan fingerprint density at radius 1 is 0.833 bits per heavy atom. The summed E-state index contributed by atoms with van der Waals surface area (Å²) in [5.74, 6) is -0.961. The van der Waals surface area contributed by atoms with Gasteiger partial charge in [0.1, 0.15) is 6.04 Å². The lowest BCUT2D eigenvalue weighted by Gasteiger charge is -2.33. The molecule has 188 valence electrons. The Morgan fingerprint density at radius 2 is 1.58 bits per heavy atom. The SMILES string of the molecule is O=C1CCC(N2C(=O)c3ccc(N4CCC(c5cc(C6CCNCC6)n[nH]5)CC4)cc3C2=O)C(=O)N1. The molecule has 1 unspecified atom stereocenters. The fraction of sp³-hybridized carbons (Fsp3) is 0.500. The third-order valence-corrected chi connectivity index (χ3v) is 8.10. The van der Waals surface area contributed by atoms with Crippen LogP contribution in [0, 0.1) is 0 Å². The molecule has 1 aromatic heterocycles. The number of imide groups is 2. The Balaban J connectivity index is 1.12. The van der Waals surface area contributed by atoms with Gasteiger partial charge in [0.25, 0.3) is 11.8 Å². The topological polar surface area (TPSA) is 128 Å². The van der Waals surface area contributed by atoms with E-state index in [0.29, 0.717) is 23.0 Å². The normalized spacial score (nSPS) is 23.8. The van der Waals surface area contributed by atoms with Crippen LogP contribution in [0.2, 0.25) is 0 Å². The number of fused-ring (bicyclic) bond motifs is 1. The van der Waals surface area contributed by atoms with Crippen LogP contribution >= 0.6 is 0 Å². The van der Waals surface area contributed by atoms with Crippen LogP contribution in [0.4, 0.5) is 5.69 Å². The van der Waals surface area contributed by atoms with Gasteiger partial charge in [-0.1, -0.05) is 0 Å². The molecular formula is C26H30N6O4. The minimum atomic E-state index is -0.946. The summed E-state index contributed by atoms with van der Waals surface area (Å²) >= 11 is 0. The average Bonchev–Trinajstić information content (AvgIpc) is 3.49. The van der Waals surface area contributed by atoms with Crippen molar-refractivity contribution in [2.45, 2.75) is 56.4 Å². The maximum Gasteiger partial charge on any atom is 0.262 e. The zero-order valence-electron chi connectivity index (χ0n) is 20.1. The number of carbonyl (C=O) groups is 4. The van der Waals surface area contributed by atoms with Gasteiger partial charge >= 0.3 is 0 Å². The second-order valence-electron chi connectivity index (χ2n) is 10.2. The van der Waals surface area contributed by atoms with Crippen molar-refractivity contribution in [3.63, 3.8) is 0 Å². The summed E-state index contributed by atoms with van der Waals surface area (Å²) in [6, 6.07) is 6.64. The van der Waals surface area contributed by atoms with Gasteiger partial charge in [-0.3, -0.25) is 34.5 Å². The average molecular weight is 491 g/mol. The summed E-state index contributed by atoms with van der Waals surface area (Å²) in [7, 11) is 0. The van der Waals surface area contributed by atoms with E-state index in [1.165, 1.54) is 11.4 Å². The number of aromatic amines is 1. The highest BCUT2D eigenvalue weighted by Gasteiger charge is 2.44. The zero-order chi connectivity index (χ0) is 24.8. The summed E-state index contributed by atoms with van der Waals surface area (Å²) in [5, 5.41) is 13.5. The molecule has 0 saturated carbocycles. The van der Waals surface area contributed by atoms with E-state index in [2.05, 4.69) is 31.8 Å². The van der Waals surface area contributed by atoms with Crippen molar-refractivity contribution in [1.29, 1.82) is 0 Å². The van der Waals surface area contributed by atoms with Gasteiger partial charge in [-0.05, 0) is 69.5 Å². The Morgan fingerprint density at radius 3 is 2.33 bits per heavy atom. The third kappa shape index (κ3) is 3.99. The molecular weight excluding hydrogens is 460 g/mol. The van der Waals surface area contributed by atoms with Gasteiger partial charge in [-0.2, -0.15) is 5.10 Å². The Labute approximate surface area is 208 Å². The zero-order valence-corrected chi connectivity index (χ0v) is 20.1. The van der Waals surface area contributed by atoms with Crippen molar-refractivity contribution in [3.05, 3.63) is 46.8 Å². The number of amides is 4. The first-order chi connectivity index (χ1) is 17.5. The molecule has 1 atom stereocenters. The summed E-state index contributed by atoms with van der Waals surface area (Å²) in [5.41, 5.74) is 3.92. The van der Waals surface area contributed by atoms with E-state index in [-0.39, 0.29) is 18.7 Å². The van der Waals surface area contributed by atoms with Crippen LogP contribution in [0.5, 0.6) is 0 Å². The second-order valence-corrected chi connectivity index (χ2v) is 10.2. The molecule has 3 N–H and O–H groups in total. The summed E-state index contributed by atoms with van der Waals surface area (Å²) in [4.78, 5) is 53.1. The molecule has 5 heterocycles. The first kappa shape index (κ1) is 22.9. The molecule has 10 heteroatoms. The number of hydrogen-bond acceptors (Lipinski definition) is 7. The maximum atomic E-state index is 13.1. The van der Waals surface area contributed by atoms with E-state index in [1.54, 1.807) is 12.1 Å². The molecule has 4 aliphatic rings. The predicted octanol–water partition coefficient (Wildman–Crippen LogP) is 1.66. The van der Waals surface area contributed by atoms with Gasteiger partial charge in [-0.25, -0.2) is 0 Å². The number of carbonyl (C=O) groups excluding carboxylic acids is 4. The number of anilines is 1. The number of piperidine rings is 3. The van der Waals surface area contributed by atoms with E-state index in [9.17, 15) is 19.2 Å². The van der Waals surface area contributed by atoms with Gasteiger partial charge < -0.3 is 10.2 Å². The fourth-order valence-electron chi connectivity index (χ4n) is 5.99. The van der Waals surface area contributed by atoms with Crippen LogP contribution in [0.15, 0.2) is 24.3 Å². The Hall–Kier alpha value is -3.53. The molecule has 3 saturated heterocycles. The van der Waals surface area contributed by atoms with Crippen LogP contribution in [0.1, 0.15) is 82.5 Å². The number of rotatable bonds is 4. The molecule has 2 aromatic rings. The van der Waals surface area contributed by atoms with E-state index in [0.717, 1.165) is 62.4 Å². The van der Waals surface area contributed by atoms with Crippen molar-refractivity contribution in [3.8, 4) is 0 Å². The minimum absolute atomic E-state index is 0.111. The van der Waals surface area contributed by atoms with Crippen LogP contribution in [-0.4, -0.2) is 70.9 Å². The molecule has 4 amide bonds. The summed E-state index contributed by atoms with van der Waals surface area (Å²) < 4.78 is 0. The smallest absolute Gasteiger partial charge is 0.262 e. The van der Waals surface area contributed by atoms with Crippen molar-refractivity contribution in [2.75, 3.05) is 31.1 Å². The first-order valence-electron chi connectivity index (χ1n) is 12.9. The van der Waals surface area contributed by atoms with Crippen LogP contribution in [0.3, 0.4) is 0 Å². The number of aromatic nitrogens is 2. The van der Waals surface area contributed by atoms with Crippen LogP contribution in [0.25, 0.3) is 0 Å². The van der Waals surface area contributed by atoms with Crippen molar-refractivity contribution in [1.82, 2.24) is 25.7 Å². The highest BCUT2D eigenvalue weighted by Crippen LogP contribution is 2.35. The number of nitrogens with one attached hydrogen (secondary N) is 3. The molecule has 0 bridgehead atoms. The van der Waals surface area contributed by atoms with Gasteiger partial charge in [0.2, 0.25) is 11.8 Å². The van der Waals surface area contributed by atoms with Crippen LogP contribution < -0.4 is 15.5 Å². The van der Waals surface area contributed by atoms with Crippen molar-refractivity contribution < 1.29 is 19.2 Å². The van der Waals surface area contributed by atoms with Gasteiger partial charge in [0.15, 0.2) is 0 Å². The third-order valence-electron chi connectivity index (χ3n) is 8.10. The maximum absolute atomic E-state index is 13.1. The Bertz CT molecular complexity index is 1220. The molecule has 36 heavy (non-hydrogen) atoms. The Kier molecular flexibility index (Phi) is 5.83. The lowest BCUT2D eigenvalue weighted by molar-refractivity contribution is -0.136. The predicted molar refractivity (Wildman–Crippen MR) is 131 cm³/mol. The van der Waals surface area contributed by atoms with Gasteiger partial charge in [0, 0.05) is 42.7 Å². The number of hydrogen-bond donors (Lipinski definition) is 3. The number of benzene rings is 1. The van der Waals surface area contributed by atoms with E-state index in [4.69, 9.17) is 0 Å². The second kappa shape index (κ2) is 9.16. The highest BCUT2D eigenvalue weighted by molar-refractivity contribution is 6.23.